The first-order valence-corrected chi connectivity index (χ1v) is 8.94. The van der Waals surface area contributed by atoms with Crippen LogP contribution >= 0.6 is 0 Å². The maximum atomic E-state index is 8.76. The second kappa shape index (κ2) is 21.3. The van der Waals surface area contributed by atoms with Crippen LogP contribution in [-0.4, -0.2) is 5.11 Å². The molecule has 0 atom stereocenters. The van der Waals surface area contributed by atoms with Gasteiger partial charge in [0.1, 0.15) is 5.75 Å². The monoisotopic (exact) mass is 296 g/mol. The maximum absolute atomic E-state index is 8.76. The number of aryl methyl sites for hydroxylation is 1. The number of hydrogen-bond donors (Lipinski definition) is 1. The molecule has 1 aliphatic carbocycles. The van der Waals surface area contributed by atoms with Crippen LogP contribution in [0.5, 0.6) is 5.75 Å². The molecule has 1 fully saturated rings. The molecule has 1 aromatic rings. The van der Waals surface area contributed by atoms with Gasteiger partial charge in [0.05, 0.1) is 0 Å². The Morgan fingerprint density at radius 1 is 0.762 bits per heavy atom. The molecular weight excluding hydrogens is 256 g/mol. The van der Waals surface area contributed by atoms with Crippen LogP contribution in [0.3, 0.4) is 0 Å². The molecule has 1 nitrogen and oxygen atoms in total. The molecule has 1 N–H and O–H groups in total. The Kier molecular flexibility index (Phi) is 25.4. The third-order valence-electron chi connectivity index (χ3n) is 2.93. The molecule has 1 aliphatic rings. The van der Waals surface area contributed by atoms with E-state index in [1.807, 2.05) is 60.6 Å². The standard InChI is InChI=1S/C7H8O.C7H14.3C2H6/c1-6-2-4-7(8)5-3-6;1-7-5-3-2-4-6-7;3*1-2/h2-5,8H,1H3;7H,2-6H2,1H3;3*1-2H3. The molecule has 0 radical (unpaired) electrons. The summed E-state index contributed by atoms with van der Waals surface area (Å²) in [6.07, 6.45) is 7.44. The highest BCUT2D eigenvalue weighted by Crippen LogP contribution is 2.22. The molecule has 1 heteroatoms. The first-order chi connectivity index (χ1) is 10.2. The van der Waals surface area contributed by atoms with Gasteiger partial charge < -0.3 is 5.11 Å². The molecular formula is C20H40O. The Hall–Kier alpha value is -0.980. The van der Waals surface area contributed by atoms with Crippen LogP contribution in [0, 0.1) is 12.8 Å². The first kappa shape index (κ1) is 25.0. The number of hydrogen-bond acceptors (Lipinski definition) is 1. The summed E-state index contributed by atoms with van der Waals surface area (Å²) in [5, 5.41) is 8.76. The predicted molar refractivity (Wildman–Crippen MR) is 99.1 cm³/mol. The van der Waals surface area contributed by atoms with Crippen LogP contribution in [0.15, 0.2) is 24.3 Å². The quantitative estimate of drug-likeness (QED) is 0.530. The summed E-state index contributed by atoms with van der Waals surface area (Å²) < 4.78 is 0. The predicted octanol–water partition coefficient (Wildman–Crippen LogP) is 7.37. The lowest BCUT2D eigenvalue weighted by Gasteiger charge is -2.15. The molecule has 0 unspecified atom stereocenters. The van der Waals surface area contributed by atoms with Gasteiger partial charge in [0.25, 0.3) is 0 Å². The number of aromatic hydroxyl groups is 1. The van der Waals surface area contributed by atoms with E-state index in [4.69, 9.17) is 5.11 Å². The summed E-state index contributed by atoms with van der Waals surface area (Å²) in [4.78, 5) is 0. The number of phenols is 1. The summed E-state index contributed by atoms with van der Waals surface area (Å²) in [6, 6.07) is 7.09. The van der Waals surface area contributed by atoms with Crippen LogP contribution in [-0.2, 0) is 0 Å². The van der Waals surface area contributed by atoms with Crippen LogP contribution in [0.1, 0.15) is 86.1 Å². The van der Waals surface area contributed by atoms with Crippen molar-refractivity contribution in [2.45, 2.75) is 87.5 Å². The topological polar surface area (TPSA) is 20.2 Å². The summed E-state index contributed by atoms with van der Waals surface area (Å²) in [7, 11) is 0. The average molecular weight is 297 g/mol. The highest BCUT2D eigenvalue weighted by Gasteiger charge is 2.05. The molecule has 0 saturated heterocycles. The molecule has 1 saturated carbocycles. The average Bonchev–Trinajstić information content (AvgIpc) is 2.57. The van der Waals surface area contributed by atoms with E-state index < -0.39 is 0 Å². The van der Waals surface area contributed by atoms with Crippen molar-refractivity contribution in [1.82, 2.24) is 0 Å². The lowest BCUT2D eigenvalue weighted by Crippen LogP contribution is -1.99. The Bertz CT molecular complexity index is 237. The molecule has 126 valence electrons. The van der Waals surface area contributed by atoms with E-state index >= 15 is 0 Å². The normalized spacial score (nSPS) is 12.8. The fourth-order valence-corrected chi connectivity index (χ4v) is 1.85. The molecule has 0 amide bonds. The van der Waals surface area contributed by atoms with Gasteiger partial charge in [-0.15, -0.1) is 0 Å². The van der Waals surface area contributed by atoms with E-state index in [9.17, 15) is 0 Å². The maximum Gasteiger partial charge on any atom is 0.115 e. The summed E-state index contributed by atoms with van der Waals surface area (Å²) in [5.74, 6) is 1.37. The van der Waals surface area contributed by atoms with Gasteiger partial charge in [-0.1, -0.05) is 98.3 Å². The Morgan fingerprint density at radius 2 is 1.14 bits per heavy atom. The number of rotatable bonds is 0. The Morgan fingerprint density at radius 3 is 1.38 bits per heavy atom. The van der Waals surface area contributed by atoms with Gasteiger partial charge in [0.15, 0.2) is 0 Å². The summed E-state index contributed by atoms with van der Waals surface area (Å²) in [6.45, 7) is 16.3. The van der Waals surface area contributed by atoms with Crippen molar-refractivity contribution < 1.29 is 5.11 Å². The van der Waals surface area contributed by atoms with Crippen molar-refractivity contribution >= 4 is 0 Å². The van der Waals surface area contributed by atoms with Crippen LogP contribution in [0.2, 0.25) is 0 Å². The van der Waals surface area contributed by atoms with Gasteiger partial charge in [-0.3, -0.25) is 0 Å². The second-order valence-electron chi connectivity index (χ2n) is 4.58. The number of phenolic OH excluding ortho intramolecular Hbond substituents is 1. The van der Waals surface area contributed by atoms with Crippen LogP contribution in [0.4, 0.5) is 0 Å². The molecule has 0 bridgehead atoms. The third-order valence-corrected chi connectivity index (χ3v) is 2.93. The van der Waals surface area contributed by atoms with Crippen molar-refractivity contribution in [3.05, 3.63) is 29.8 Å². The van der Waals surface area contributed by atoms with Gasteiger partial charge >= 0.3 is 0 Å². The minimum absolute atomic E-state index is 0.329. The highest BCUT2D eigenvalue weighted by molar-refractivity contribution is 5.24. The smallest absolute Gasteiger partial charge is 0.115 e. The summed E-state index contributed by atoms with van der Waals surface area (Å²) in [5.41, 5.74) is 1.17. The molecule has 21 heavy (non-hydrogen) atoms. The largest absolute Gasteiger partial charge is 0.508 e. The minimum Gasteiger partial charge on any atom is -0.508 e. The second-order valence-corrected chi connectivity index (χ2v) is 4.58. The fraction of sp³-hybridized carbons (Fsp3) is 0.700. The molecule has 2 rings (SSSR count). The SMILES string of the molecule is CC.CC.CC.CC1CCCCC1.Cc1ccc(O)cc1. The van der Waals surface area contributed by atoms with Crippen molar-refractivity contribution in [2.24, 2.45) is 5.92 Å². The summed E-state index contributed by atoms with van der Waals surface area (Å²) >= 11 is 0. The van der Waals surface area contributed by atoms with Gasteiger partial charge in [-0.2, -0.15) is 0 Å². The molecule has 0 spiro atoms. The lowest BCUT2D eigenvalue weighted by atomic mass is 9.91. The number of benzene rings is 1. The van der Waals surface area contributed by atoms with E-state index in [0.717, 1.165) is 5.92 Å². The zero-order chi connectivity index (χ0) is 17.1. The molecule has 0 heterocycles. The zero-order valence-corrected chi connectivity index (χ0v) is 15.9. The van der Waals surface area contributed by atoms with E-state index in [1.165, 1.54) is 37.7 Å². The van der Waals surface area contributed by atoms with Gasteiger partial charge in [0.2, 0.25) is 0 Å². The molecule has 1 aromatic carbocycles. The van der Waals surface area contributed by atoms with Crippen LogP contribution in [0.25, 0.3) is 0 Å². The van der Waals surface area contributed by atoms with E-state index in [0.29, 0.717) is 5.75 Å². The van der Waals surface area contributed by atoms with Crippen LogP contribution < -0.4 is 0 Å². The van der Waals surface area contributed by atoms with Crippen molar-refractivity contribution in [2.75, 3.05) is 0 Å². The van der Waals surface area contributed by atoms with Crippen molar-refractivity contribution in [1.29, 1.82) is 0 Å². The zero-order valence-electron chi connectivity index (χ0n) is 15.9. The lowest BCUT2D eigenvalue weighted by molar-refractivity contribution is 0.385. The van der Waals surface area contributed by atoms with Gasteiger partial charge in [0, 0.05) is 0 Å². The van der Waals surface area contributed by atoms with Crippen molar-refractivity contribution in [3.8, 4) is 5.75 Å². The van der Waals surface area contributed by atoms with E-state index in [1.54, 1.807) is 12.1 Å². The highest BCUT2D eigenvalue weighted by atomic mass is 16.3. The molecule has 0 aromatic heterocycles. The fourth-order valence-electron chi connectivity index (χ4n) is 1.85. The third kappa shape index (κ3) is 19.0. The molecule has 0 aliphatic heterocycles. The minimum atomic E-state index is 0.329. The van der Waals surface area contributed by atoms with E-state index in [-0.39, 0.29) is 0 Å². The Balaban J connectivity index is -0.000000229. The Labute approximate surface area is 134 Å². The van der Waals surface area contributed by atoms with Crippen molar-refractivity contribution in [3.63, 3.8) is 0 Å². The van der Waals surface area contributed by atoms with Gasteiger partial charge in [-0.25, -0.2) is 0 Å². The van der Waals surface area contributed by atoms with Gasteiger partial charge in [-0.05, 0) is 25.0 Å². The van der Waals surface area contributed by atoms with E-state index in [2.05, 4.69) is 6.92 Å². The first-order valence-electron chi connectivity index (χ1n) is 8.94.